The molecule has 0 N–H and O–H groups in total. The Bertz CT molecular complexity index is 918. The van der Waals surface area contributed by atoms with Crippen LogP contribution >= 0.6 is 0 Å². The summed E-state index contributed by atoms with van der Waals surface area (Å²) < 4.78 is 7.75. The summed E-state index contributed by atoms with van der Waals surface area (Å²) in [6.45, 7) is 3.41. The SMILES string of the molecule is Cc1cccc(OC2CCN(C(=O)c3ccnc(-n4cnnc4)c3)CC2)c1. The second-order valence-corrected chi connectivity index (χ2v) is 6.70. The van der Waals surface area contributed by atoms with Crippen molar-refractivity contribution in [3.8, 4) is 11.6 Å². The standard InChI is InChI=1S/C20H21N5O2/c1-15-3-2-4-18(11-15)27-17-6-9-24(10-7-17)20(26)16-5-8-21-19(12-16)25-13-22-23-14-25/h2-5,8,11-14,17H,6-7,9-10H2,1H3. The maximum absolute atomic E-state index is 12.8. The van der Waals surface area contributed by atoms with Gasteiger partial charge in [0.25, 0.3) is 5.91 Å². The van der Waals surface area contributed by atoms with Crippen LogP contribution in [0.4, 0.5) is 0 Å². The first-order valence-corrected chi connectivity index (χ1v) is 9.03. The van der Waals surface area contributed by atoms with Crippen molar-refractivity contribution in [1.82, 2.24) is 24.6 Å². The summed E-state index contributed by atoms with van der Waals surface area (Å²) in [5.41, 5.74) is 1.80. The number of hydrogen-bond acceptors (Lipinski definition) is 5. The summed E-state index contributed by atoms with van der Waals surface area (Å²) in [7, 11) is 0. The summed E-state index contributed by atoms with van der Waals surface area (Å²) in [6.07, 6.45) is 6.54. The Balaban J connectivity index is 1.38. The topological polar surface area (TPSA) is 73.1 Å². The number of hydrogen-bond donors (Lipinski definition) is 0. The van der Waals surface area contributed by atoms with E-state index in [1.165, 1.54) is 5.56 Å². The first kappa shape index (κ1) is 17.2. The molecule has 1 fully saturated rings. The van der Waals surface area contributed by atoms with Gasteiger partial charge in [0.15, 0.2) is 0 Å². The van der Waals surface area contributed by atoms with Crippen LogP contribution in [0.1, 0.15) is 28.8 Å². The van der Waals surface area contributed by atoms with Crippen LogP contribution in [0.2, 0.25) is 0 Å². The molecule has 7 heteroatoms. The van der Waals surface area contributed by atoms with Crippen molar-refractivity contribution >= 4 is 5.91 Å². The zero-order valence-corrected chi connectivity index (χ0v) is 15.2. The van der Waals surface area contributed by atoms with Crippen LogP contribution in [0, 0.1) is 6.92 Å². The number of likely N-dealkylation sites (tertiary alicyclic amines) is 1. The molecule has 0 spiro atoms. The highest BCUT2D eigenvalue weighted by Crippen LogP contribution is 2.21. The Morgan fingerprint density at radius 3 is 2.63 bits per heavy atom. The van der Waals surface area contributed by atoms with E-state index >= 15 is 0 Å². The molecule has 4 rings (SSSR count). The molecule has 7 nitrogen and oxygen atoms in total. The number of carbonyl (C=O) groups excluding carboxylic acids is 1. The van der Waals surface area contributed by atoms with Crippen molar-refractivity contribution in [2.75, 3.05) is 13.1 Å². The fraction of sp³-hybridized carbons (Fsp3) is 0.300. The van der Waals surface area contributed by atoms with Gasteiger partial charge in [-0.3, -0.25) is 9.36 Å². The van der Waals surface area contributed by atoms with Crippen molar-refractivity contribution in [3.63, 3.8) is 0 Å². The quantitative estimate of drug-likeness (QED) is 0.712. The number of amides is 1. The molecular weight excluding hydrogens is 342 g/mol. The van der Waals surface area contributed by atoms with Crippen LogP contribution in [-0.2, 0) is 0 Å². The molecule has 0 radical (unpaired) electrons. The molecule has 1 aliphatic rings. The van der Waals surface area contributed by atoms with E-state index in [9.17, 15) is 4.79 Å². The lowest BCUT2D eigenvalue weighted by Crippen LogP contribution is -2.41. The van der Waals surface area contributed by atoms with Crippen LogP contribution in [-0.4, -0.2) is 49.7 Å². The molecule has 0 atom stereocenters. The molecule has 1 aliphatic heterocycles. The van der Waals surface area contributed by atoms with Gasteiger partial charge in [0.1, 0.15) is 30.3 Å². The minimum absolute atomic E-state index is 0.0146. The Labute approximate surface area is 157 Å². The molecule has 0 unspecified atom stereocenters. The molecule has 138 valence electrons. The number of nitrogens with zero attached hydrogens (tertiary/aromatic N) is 5. The van der Waals surface area contributed by atoms with Gasteiger partial charge in [-0.25, -0.2) is 4.98 Å². The minimum Gasteiger partial charge on any atom is -0.490 e. The van der Waals surface area contributed by atoms with Crippen LogP contribution in [0.3, 0.4) is 0 Å². The number of carbonyl (C=O) groups is 1. The third kappa shape index (κ3) is 3.97. The number of aryl methyl sites for hydroxylation is 1. The van der Waals surface area contributed by atoms with E-state index < -0.39 is 0 Å². The van der Waals surface area contributed by atoms with E-state index in [1.807, 2.05) is 23.1 Å². The number of rotatable bonds is 4. The van der Waals surface area contributed by atoms with Crippen molar-refractivity contribution in [2.45, 2.75) is 25.9 Å². The fourth-order valence-electron chi connectivity index (χ4n) is 3.25. The van der Waals surface area contributed by atoms with Crippen molar-refractivity contribution in [2.24, 2.45) is 0 Å². The van der Waals surface area contributed by atoms with Gasteiger partial charge in [-0.05, 0) is 36.8 Å². The average molecular weight is 363 g/mol. The number of pyridine rings is 1. The van der Waals surface area contributed by atoms with E-state index in [0.717, 1.165) is 18.6 Å². The van der Waals surface area contributed by atoms with Gasteiger partial charge >= 0.3 is 0 Å². The summed E-state index contributed by atoms with van der Waals surface area (Å²) in [5.74, 6) is 1.54. The van der Waals surface area contributed by atoms with E-state index in [4.69, 9.17) is 4.74 Å². The maximum atomic E-state index is 12.8. The third-order valence-electron chi connectivity index (χ3n) is 4.70. The zero-order valence-electron chi connectivity index (χ0n) is 15.2. The van der Waals surface area contributed by atoms with Gasteiger partial charge in [-0.2, -0.15) is 0 Å². The number of piperidine rings is 1. The Kier molecular flexibility index (Phi) is 4.82. The van der Waals surface area contributed by atoms with Crippen LogP contribution in [0.5, 0.6) is 5.75 Å². The van der Waals surface area contributed by atoms with Crippen molar-refractivity contribution in [1.29, 1.82) is 0 Å². The molecule has 27 heavy (non-hydrogen) atoms. The molecule has 0 aliphatic carbocycles. The molecule has 3 aromatic rings. The number of ether oxygens (including phenoxy) is 1. The minimum atomic E-state index is 0.0146. The fourth-order valence-corrected chi connectivity index (χ4v) is 3.25. The number of aromatic nitrogens is 4. The van der Waals surface area contributed by atoms with E-state index in [2.05, 4.69) is 28.2 Å². The zero-order chi connectivity index (χ0) is 18.6. The molecular formula is C20H21N5O2. The monoisotopic (exact) mass is 363 g/mol. The smallest absolute Gasteiger partial charge is 0.254 e. The number of benzene rings is 1. The van der Waals surface area contributed by atoms with Crippen molar-refractivity contribution in [3.05, 3.63) is 66.4 Å². The second kappa shape index (κ2) is 7.57. The van der Waals surface area contributed by atoms with Crippen molar-refractivity contribution < 1.29 is 9.53 Å². The first-order chi connectivity index (χ1) is 13.2. The lowest BCUT2D eigenvalue weighted by molar-refractivity contribution is 0.0595. The normalized spacial score (nSPS) is 14.9. The Morgan fingerprint density at radius 2 is 1.89 bits per heavy atom. The summed E-state index contributed by atoms with van der Waals surface area (Å²) in [6, 6.07) is 11.6. The van der Waals surface area contributed by atoms with E-state index in [-0.39, 0.29) is 12.0 Å². The highest BCUT2D eigenvalue weighted by Gasteiger charge is 2.25. The predicted molar refractivity (Wildman–Crippen MR) is 99.9 cm³/mol. The summed E-state index contributed by atoms with van der Waals surface area (Å²) in [4.78, 5) is 19.0. The largest absolute Gasteiger partial charge is 0.490 e. The lowest BCUT2D eigenvalue weighted by Gasteiger charge is -2.32. The van der Waals surface area contributed by atoms with Crippen LogP contribution in [0.25, 0.3) is 5.82 Å². The second-order valence-electron chi connectivity index (χ2n) is 6.70. The van der Waals surface area contributed by atoms with Gasteiger partial charge in [0.05, 0.1) is 0 Å². The lowest BCUT2D eigenvalue weighted by atomic mass is 10.1. The van der Waals surface area contributed by atoms with Gasteiger partial charge in [-0.15, -0.1) is 10.2 Å². The van der Waals surface area contributed by atoms with Gasteiger partial charge in [-0.1, -0.05) is 12.1 Å². The molecule has 1 saturated heterocycles. The molecule has 2 aromatic heterocycles. The molecule has 0 bridgehead atoms. The predicted octanol–water partition coefficient (Wildman–Crippen LogP) is 2.65. The van der Waals surface area contributed by atoms with Crippen LogP contribution < -0.4 is 4.74 Å². The molecule has 0 saturated carbocycles. The highest BCUT2D eigenvalue weighted by molar-refractivity contribution is 5.94. The maximum Gasteiger partial charge on any atom is 0.254 e. The molecule has 3 heterocycles. The summed E-state index contributed by atoms with van der Waals surface area (Å²) >= 11 is 0. The molecule has 1 amide bonds. The Hall–Kier alpha value is -3.22. The van der Waals surface area contributed by atoms with Gasteiger partial charge in [0, 0.05) is 37.7 Å². The highest BCUT2D eigenvalue weighted by atomic mass is 16.5. The van der Waals surface area contributed by atoms with E-state index in [1.54, 1.807) is 35.6 Å². The van der Waals surface area contributed by atoms with Crippen LogP contribution in [0.15, 0.2) is 55.2 Å². The third-order valence-corrected chi connectivity index (χ3v) is 4.70. The first-order valence-electron chi connectivity index (χ1n) is 9.03. The van der Waals surface area contributed by atoms with Gasteiger partial charge < -0.3 is 9.64 Å². The Morgan fingerprint density at radius 1 is 1.11 bits per heavy atom. The summed E-state index contributed by atoms with van der Waals surface area (Å²) in [5, 5.41) is 7.55. The molecule has 1 aromatic carbocycles. The average Bonchev–Trinajstić information content (AvgIpc) is 3.23. The van der Waals surface area contributed by atoms with E-state index in [0.29, 0.717) is 24.5 Å². The van der Waals surface area contributed by atoms with Gasteiger partial charge in [0.2, 0.25) is 0 Å².